The van der Waals surface area contributed by atoms with E-state index in [1.807, 2.05) is 30.3 Å². The zero-order valence-electron chi connectivity index (χ0n) is 14.8. The normalized spacial score (nSPS) is 16.9. The van der Waals surface area contributed by atoms with Crippen LogP contribution in [0.1, 0.15) is 43.0 Å². The summed E-state index contributed by atoms with van der Waals surface area (Å²) < 4.78 is 14.9. The monoisotopic (exact) mass is 450 g/mol. The number of benzene rings is 2. The molecule has 0 aromatic heterocycles. The van der Waals surface area contributed by atoms with Gasteiger partial charge in [0, 0.05) is 22.0 Å². The van der Waals surface area contributed by atoms with E-state index in [2.05, 4.69) is 26.6 Å². The van der Waals surface area contributed by atoms with Crippen molar-refractivity contribution in [3.05, 3.63) is 63.9 Å². The lowest BCUT2D eigenvalue weighted by atomic mass is 10.0. The summed E-state index contributed by atoms with van der Waals surface area (Å²) in [6.07, 6.45) is 0.867. The minimum absolute atomic E-state index is 0.121. The van der Waals surface area contributed by atoms with Gasteiger partial charge in [-0.25, -0.2) is 4.39 Å². The molecule has 0 spiro atoms. The first-order valence-corrected chi connectivity index (χ1v) is 10.4. The van der Waals surface area contributed by atoms with Crippen LogP contribution in [0.5, 0.6) is 0 Å². The van der Waals surface area contributed by atoms with Gasteiger partial charge >= 0.3 is 0 Å². The second-order valence-electron chi connectivity index (χ2n) is 6.42. The van der Waals surface area contributed by atoms with Crippen molar-refractivity contribution >= 4 is 39.5 Å². The number of halogens is 2. The summed E-state index contributed by atoms with van der Waals surface area (Å²) in [6, 6.07) is 11.8. The zero-order chi connectivity index (χ0) is 19.4. The topological polar surface area (TPSA) is 58.2 Å². The summed E-state index contributed by atoms with van der Waals surface area (Å²) in [5.74, 6) is 0.129. The highest BCUT2D eigenvalue weighted by Crippen LogP contribution is 2.37. The predicted molar refractivity (Wildman–Crippen MR) is 108 cm³/mol. The fraction of sp³-hybridized carbons (Fsp3) is 0.300. The van der Waals surface area contributed by atoms with Gasteiger partial charge in [-0.2, -0.15) is 0 Å². The van der Waals surface area contributed by atoms with Crippen LogP contribution in [0, 0.1) is 5.82 Å². The van der Waals surface area contributed by atoms with Crippen molar-refractivity contribution in [2.24, 2.45) is 0 Å². The molecule has 0 aliphatic carbocycles. The molecule has 0 saturated carbocycles. The quantitative estimate of drug-likeness (QED) is 0.704. The van der Waals surface area contributed by atoms with E-state index in [1.54, 1.807) is 6.07 Å². The van der Waals surface area contributed by atoms with Crippen LogP contribution in [0.3, 0.4) is 0 Å². The third kappa shape index (κ3) is 5.11. The number of hydrogen-bond acceptors (Lipinski definition) is 3. The fourth-order valence-electron chi connectivity index (χ4n) is 3.17. The van der Waals surface area contributed by atoms with E-state index in [-0.39, 0.29) is 30.1 Å². The van der Waals surface area contributed by atoms with E-state index >= 15 is 0 Å². The minimum Gasteiger partial charge on any atom is -0.349 e. The van der Waals surface area contributed by atoms with Crippen molar-refractivity contribution < 1.29 is 14.0 Å². The molecule has 0 fully saturated rings. The van der Waals surface area contributed by atoms with E-state index in [0.29, 0.717) is 4.90 Å². The summed E-state index contributed by atoms with van der Waals surface area (Å²) >= 11 is 4.86. The second kappa shape index (κ2) is 8.89. The molecular weight excluding hydrogens is 431 g/mol. The van der Waals surface area contributed by atoms with Gasteiger partial charge in [-0.15, -0.1) is 11.8 Å². The fourth-order valence-corrected chi connectivity index (χ4v) is 4.57. The van der Waals surface area contributed by atoms with Gasteiger partial charge < -0.3 is 10.6 Å². The van der Waals surface area contributed by atoms with Gasteiger partial charge in [0.1, 0.15) is 5.82 Å². The van der Waals surface area contributed by atoms with Crippen LogP contribution < -0.4 is 10.6 Å². The van der Waals surface area contributed by atoms with Crippen molar-refractivity contribution in [2.45, 2.75) is 36.7 Å². The highest BCUT2D eigenvalue weighted by molar-refractivity contribution is 9.10. The highest BCUT2D eigenvalue weighted by Gasteiger charge is 2.26. The van der Waals surface area contributed by atoms with Crippen molar-refractivity contribution in [2.75, 3.05) is 5.75 Å². The number of carbonyl (C=O) groups excluding carboxylic acids is 2. The first-order valence-electron chi connectivity index (χ1n) is 8.67. The smallest absolute Gasteiger partial charge is 0.222 e. The summed E-state index contributed by atoms with van der Waals surface area (Å²) in [5, 5.41) is 5.84. The Morgan fingerprint density at radius 1 is 1.26 bits per heavy atom. The van der Waals surface area contributed by atoms with E-state index in [9.17, 15) is 14.0 Å². The van der Waals surface area contributed by atoms with Gasteiger partial charge in [-0.3, -0.25) is 9.59 Å². The van der Waals surface area contributed by atoms with Crippen LogP contribution in [0.4, 0.5) is 4.39 Å². The summed E-state index contributed by atoms with van der Waals surface area (Å²) in [6.45, 7) is 1.43. The van der Waals surface area contributed by atoms with Crippen LogP contribution in [-0.2, 0) is 9.59 Å². The first kappa shape index (κ1) is 19.9. The zero-order valence-corrected chi connectivity index (χ0v) is 17.2. The Bertz CT molecular complexity index is 844. The summed E-state index contributed by atoms with van der Waals surface area (Å²) in [5.41, 5.74) is 1.67. The average molecular weight is 451 g/mol. The van der Waals surface area contributed by atoms with Crippen molar-refractivity contribution in [1.29, 1.82) is 0 Å². The van der Waals surface area contributed by atoms with Gasteiger partial charge in [-0.1, -0.05) is 40.2 Å². The van der Waals surface area contributed by atoms with Crippen LogP contribution >= 0.6 is 27.7 Å². The lowest BCUT2D eigenvalue weighted by molar-refractivity contribution is -0.123. The largest absolute Gasteiger partial charge is 0.349 e. The maximum absolute atomic E-state index is 14.0. The van der Waals surface area contributed by atoms with Crippen LogP contribution in [0.15, 0.2) is 51.8 Å². The molecule has 3 rings (SSSR count). The molecular formula is C20H20BrFN2O2S. The molecule has 7 heteroatoms. The highest BCUT2D eigenvalue weighted by atomic mass is 79.9. The van der Waals surface area contributed by atoms with Crippen molar-refractivity contribution in [3.8, 4) is 0 Å². The van der Waals surface area contributed by atoms with Gasteiger partial charge in [0.05, 0.1) is 18.5 Å². The molecule has 2 amide bonds. The van der Waals surface area contributed by atoms with Gasteiger partial charge in [0.2, 0.25) is 11.8 Å². The Balaban J connectivity index is 1.73. The van der Waals surface area contributed by atoms with Gasteiger partial charge in [0.15, 0.2) is 0 Å². The van der Waals surface area contributed by atoms with Crippen LogP contribution in [0.2, 0.25) is 0 Å². The molecule has 2 unspecified atom stereocenters. The van der Waals surface area contributed by atoms with E-state index in [1.165, 1.54) is 24.8 Å². The number of hydrogen-bond donors (Lipinski definition) is 2. The maximum atomic E-state index is 14.0. The third-order valence-electron chi connectivity index (χ3n) is 4.40. The van der Waals surface area contributed by atoms with E-state index < -0.39 is 6.04 Å². The first-order chi connectivity index (χ1) is 12.9. The molecule has 2 aromatic carbocycles. The van der Waals surface area contributed by atoms with Gasteiger partial charge in [-0.05, 0) is 35.7 Å². The molecule has 1 heterocycles. The number of fused-ring (bicyclic) bond motifs is 1. The number of carbonyl (C=O) groups is 2. The molecule has 0 radical (unpaired) electrons. The number of nitrogens with one attached hydrogen (secondary N) is 2. The van der Waals surface area contributed by atoms with Gasteiger partial charge in [0.25, 0.3) is 0 Å². The molecule has 2 aromatic rings. The molecule has 27 heavy (non-hydrogen) atoms. The molecule has 1 aliphatic heterocycles. The summed E-state index contributed by atoms with van der Waals surface area (Å²) in [4.78, 5) is 24.8. The molecule has 1 aliphatic rings. The van der Waals surface area contributed by atoms with Crippen LogP contribution in [-0.4, -0.2) is 17.6 Å². The molecule has 2 N–H and O–H groups in total. The van der Waals surface area contributed by atoms with E-state index in [4.69, 9.17) is 0 Å². The average Bonchev–Trinajstić information content (AvgIpc) is 2.62. The van der Waals surface area contributed by atoms with E-state index in [0.717, 1.165) is 27.8 Å². The van der Waals surface area contributed by atoms with Crippen molar-refractivity contribution in [1.82, 2.24) is 10.6 Å². The number of rotatable bonds is 5. The Labute approximate surface area is 170 Å². The Morgan fingerprint density at radius 3 is 2.70 bits per heavy atom. The lowest BCUT2D eigenvalue weighted by Gasteiger charge is -2.27. The second-order valence-corrected chi connectivity index (χ2v) is 8.45. The molecule has 0 saturated heterocycles. The Kier molecular flexibility index (Phi) is 6.55. The third-order valence-corrected chi connectivity index (χ3v) is 6.09. The Morgan fingerprint density at radius 2 is 2.00 bits per heavy atom. The summed E-state index contributed by atoms with van der Waals surface area (Å²) in [7, 11) is 0. The number of thioether (sulfide) groups is 1. The Hall–Kier alpha value is -1.86. The minimum atomic E-state index is -0.416. The molecule has 4 nitrogen and oxygen atoms in total. The van der Waals surface area contributed by atoms with Crippen molar-refractivity contribution in [3.63, 3.8) is 0 Å². The maximum Gasteiger partial charge on any atom is 0.222 e. The molecule has 142 valence electrons. The number of amides is 2. The lowest BCUT2D eigenvalue weighted by Crippen LogP contribution is -2.35. The van der Waals surface area contributed by atoms with Crippen LogP contribution in [0.25, 0.3) is 0 Å². The molecule has 0 bridgehead atoms. The standard InChI is InChI=1S/C20H20BrFN2O2S/c1-12(25)23-18(13-5-7-14(21)8-6-13)11-19(26)24-17-9-10-27-20-15(17)3-2-4-16(20)22/h2-8,17-18H,9-11H2,1H3,(H,23,25)(H,24,26). The molecule has 2 atom stereocenters. The SMILES string of the molecule is CC(=O)NC(CC(=O)NC1CCSc2c(F)cccc21)c1ccc(Br)cc1. The predicted octanol–water partition coefficient (Wildman–Crippen LogP) is 4.51.